The van der Waals surface area contributed by atoms with Crippen molar-refractivity contribution in [2.45, 2.75) is 32.7 Å². The highest BCUT2D eigenvalue weighted by molar-refractivity contribution is 5.85. The zero-order valence-electron chi connectivity index (χ0n) is 12.2. The lowest BCUT2D eigenvalue weighted by Gasteiger charge is -2.15. The second-order valence-electron chi connectivity index (χ2n) is 4.82. The number of carbonyl (C=O) groups is 2. The van der Waals surface area contributed by atoms with Crippen LogP contribution in [0.2, 0.25) is 0 Å². The first-order valence-electron chi connectivity index (χ1n) is 6.57. The molecule has 0 bridgehead atoms. The van der Waals surface area contributed by atoms with E-state index in [0.717, 1.165) is 11.1 Å². The van der Waals surface area contributed by atoms with E-state index in [9.17, 15) is 9.59 Å². The van der Waals surface area contributed by atoms with Gasteiger partial charge in [-0.05, 0) is 25.8 Å². The molecule has 4 heteroatoms. The fraction of sp³-hybridized carbons (Fsp3) is 0.375. The van der Waals surface area contributed by atoms with E-state index in [1.54, 1.807) is 0 Å². The van der Waals surface area contributed by atoms with Crippen LogP contribution < -0.4 is 5.32 Å². The van der Waals surface area contributed by atoms with E-state index >= 15 is 0 Å². The monoisotopic (exact) mass is 275 g/mol. The Morgan fingerprint density at radius 1 is 1.25 bits per heavy atom. The van der Waals surface area contributed by atoms with Crippen molar-refractivity contribution < 1.29 is 14.3 Å². The van der Waals surface area contributed by atoms with Gasteiger partial charge < -0.3 is 10.1 Å². The number of carbonyl (C=O) groups excluding carboxylic acids is 2. The zero-order chi connectivity index (χ0) is 15.0. The van der Waals surface area contributed by atoms with E-state index in [2.05, 4.69) is 5.32 Å². The van der Waals surface area contributed by atoms with Crippen molar-refractivity contribution in [3.63, 3.8) is 0 Å². The predicted octanol–water partition coefficient (Wildman–Crippen LogP) is 2.24. The van der Waals surface area contributed by atoms with Crippen molar-refractivity contribution in [1.82, 2.24) is 5.32 Å². The minimum absolute atomic E-state index is 0.186. The second kappa shape index (κ2) is 8.15. The summed E-state index contributed by atoms with van der Waals surface area (Å²) >= 11 is 0. The van der Waals surface area contributed by atoms with Crippen molar-refractivity contribution in [3.05, 3.63) is 47.5 Å². The van der Waals surface area contributed by atoms with E-state index in [4.69, 9.17) is 4.74 Å². The SMILES string of the molecule is COC(=O)[C@H](CC=C(C)C)NC(=O)Cc1ccccc1. The highest BCUT2D eigenvalue weighted by atomic mass is 16.5. The Bertz CT molecular complexity index is 476. The number of nitrogens with one attached hydrogen (secondary N) is 1. The summed E-state index contributed by atoms with van der Waals surface area (Å²) in [5, 5.41) is 2.71. The molecule has 1 amide bonds. The molecule has 1 rings (SSSR count). The fourth-order valence-corrected chi connectivity index (χ4v) is 1.74. The molecule has 0 aromatic heterocycles. The van der Waals surface area contributed by atoms with Crippen molar-refractivity contribution in [2.75, 3.05) is 7.11 Å². The number of rotatable bonds is 6. The normalized spacial score (nSPS) is 11.3. The van der Waals surface area contributed by atoms with Crippen LogP contribution in [0.5, 0.6) is 0 Å². The summed E-state index contributed by atoms with van der Waals surface area (Å²) in [5.74, 6) is -0.613. The number of benzene rings is 1. The summed E-state index contributed by atoms with van der Waals surface area (Å²) in [4.78, 5) is 23.6. The highest BCUT2D eigenvalue weighted by Gasteiger charge is 2.20. The lowest BCUT2D eigenvalue weighted by Crippen LogP contribution is -2.41. The predicted molar refractivity (Wildman–Crippen MR) is 78.1 cm³/mol. The fourth-order valence-electron chi connectivity index (χ4n) is 1.74. The number of hydrogen-bond acceptors (Lipinski definition) is 3. The molecule has 0 unspecified atom stereocenters. The van der Waals surface area contributed by atoms with E-state index in [0.29, 0.717) is 6.42 Å². The van der Waals surface area contributed by atoms with E-state index in [1.807, 2.05) is 50.3 Å². The lowest BCUT2D eigenvalue weighted by atomic mass is 10.1. The molecule has 0 fully saturated rings. The van der Waals surface area contributed by atoms with E-state index in [1.165, 1.54) is 7.11 Å². The number of ether oxygens (including phenoxy) is 1. The van der Waals surface area contributed by atoms with Crippen LogP contribution >= 0.6 is 0 Å². The third-order valence-electron chi connectivity index (χ3n) is 2.79. The molecular formula is C16H21NO3. The highest BCUT2D eigenvalue weighted by Crippen LogP contribution is 2.03. The van der Waals surface area contributed by atoms with Gasteiger partial charge in [-0.25, -0.2) is 4.79 Å². The molecule has 1 aromatic carbocycles. The molecule has 0 saturated carbocycles. The van der Waals surface area contributed by atoms with Gasteiger partial charge in [0.05, 0.1) is 13.5 Å². The smallest absolute Gasteiger partial charge is 0.328 e. The van der Waals surface area contributed by atoms with Crippen molar-refractivity contribution in [3.8, 4) is 0 Å². The van der Waals surface area contributed by atoms with Gasteiger partial charge in [0.25, 0.3) is 0 Å². The third kappa shape index (κ3) is 5.69. The number of allylic oxidation sites excluding steroid dienone is 1. The molecule has 1 atom stereocenters. The molecule has 108 valence electrons. The molecule has 0 aliphatic heterocycles. The topological polar surface area (TPSA) is 55.4 Å². The van der Waals surface area contributed by atoms with Crippen LogP contribution in [0.4, 0.5) is 0 Å². The Labute approximate surface area is 119 Å². The Hall–Kier alpha value is -2.10. The molecule has 0 spiro atoms. The van der Waals surface area contributed by atoms with Crippen molar-refractivity contribution in [2.24, 2.45) is 0 Å². The maximum atomic E-state index is 11.9. The quantitative estimate of drug-likeness (QED) is 0.640. The van der Waals surface area contributed by atoms with Crippen LogP contribution in [-0.4, -0.2) is 25.0 Å². The van der Waals surface area contributed by atoms with Crippen molar-refractivity contribution in [1.29, 1.82) is 0 Å². The maximum absolute atomic E-state index is 11.9. The molecule has 1 N–H and O–H groups in total. The standard InChI is InChI=1S/C16H21NO3/c1-12(2)9-10-14(16(19)20-3)17-15(18)11-13-7-5-4-6-8-13/h4-9,14H,10-11H2,1-3H3,(H,17,18)/t14-/m0/s1. The summed E-state index contributed by atoms with van der Waals surface area (Å²) < 4.78 is 4.71. The van der Waals surface area contributed by atoms with Crippen LogP contribution in [0.1, 0.15) is 25.8 Å². The molecule has 0 aliphatic rings. The second-order valence-corrected chi connectivity index (χ2v) is 4.82. The number of esters is 1. The number of amides is 1. The van der Waals surface area contributed by atoms with Crippen LogP contribution in [0.15, 0.2) is 42.0 Å². The molecule has 0 saturated heterocycles. The first-order valence-corrected chi connectivity index (χ1v) is 6.57. The molecule has 0 heterocycles. The minimum Gasteiger partial charge on any atom is -0.467 e. The largest absolute Gasteiger partial charge is 0.467 e. The Balaban J connectivity index is 2.62. The van der Waals surface area contributed by atoms with Gasteiger partial charge in [-0.3, -0.25) is 4.79 Å². The van der Waals surface area contributed by atoms with Gasteiger partial charge in [0.2, 0.25) is 5.91 Å². The van der Waals surface area contributed by atoms with Crippen LogP contribution in [0.3, 0.4) is 0 Å². The minimum atomic E-state index is -0.633. The van der Waals surface area contributed by atoms with Gasteiger partial charge in [0.1, 0.15) is 6.04 Å². The molecular weight excluding hydrogens is 254 g/mol. The first-order chi connectivity index (χ1) is 9.52. The third-order valence-corrected chi connectivity index (χ3v) is 2.79. The van der Waals surface area contributed by atoms with Crippen LogP contribution in [0.25, 0.3) is 0 Å². The summed E-state index contributed by atoms with van der Waals surface area (Å²) in [7, 11) is 1.32. The summed E-state index contributed by atoms with van der Waals surface area (Å²) in [6, 6.07) is 8.78. The zero-order valence-corrected chi connectivity index (χ0v) is 12.2. The number of hydrogen-bond donors (Lipinski definition) is 1. The summed E-state index contributed by atoms with van der Waals surface area (Å²) in [5.41, 5.74) is 2.01. The van der Waals surface area contributed by atoms with Gasteiger partial charge in [0.15, 0.2) is 0 Å². The van der Waals surface area contributed by atoms with Crippen LogP contribution in [0, 0.1) is 0 Å². The average Bonchev–Trinajstić information content (AvgIpc) is 2.43. The molecule has 1 aromatic rings. The Morgan fingerprint density at radius 2 is 1.90 bits per heavy atom. The first kappa shape index (κ1) is 16.0. The van der Waals surface area contributed by atoms with Gasteiger partial charge in [-0.1, -0.05) is 42.0 Å². The van der Waals surface area contributed by atoms with Gasteiger partial charge in [-0.2, -0.15) is 0 Å². The lowest BCUT2D eigenvalue weighted by molar-refractivity contribution is -0.144. The molecule has 20 heavy (non-hydrogen) atoms. The van der Waals surface area contributed by atoms with E-state index in [-0.39, 0.29) is 12.3 Å². The average molecular weight is 275 g/mol. The van der Waals surface area contributed by atoms with Gasteiger partial charge in [0, 0.05) is 0 Å². The molecule has 0 radical (unpaired) electrons. The van der Waals surface area contributed by atoms with Crippen molar-refractivity contribution >= 4 is 11.9 Å². The van der Waals surface area contributed by atoms with E-state index < -0.39 is 12.0 Å². The van der Waals surface area contributed by atoms with Gasteiger partial charge >= 0.3 is 5.97 Å². The molecule has 4 nitrogen and oxygen atoms in total. The summed E-state index contributed by atoms with van der Waals surface area (Å²) in [6.45, 7) is 3.89. The van der Waals surface area contributed by atoms with Gasteiger partial charge in [-0.15, -0.1) is 0 Å². The maximum Gasteiger partial charge on any atom is 0.328 e. The molecule has 0 aliphatic carbocycles. The summed E-state index contributed by atoms with van der Waals surface area (Å²) in [6.07, 6.45) is 2.60. The Kier molecular flexibility index (Phi) is 6.50. The number of methoxy groups -OCH3 is 1. The van der Waals surface area contributed by atoms with Crippen LogP contribution in [-0.2, 0) is 20.7 Å². The Morgan fingerprint density at radius 3 is 2.45 bits per heavy atom.